The van der Waals surface area contributed by atoms with Crippen LogP contribution >= 0.6 is 15.9 Å². The van der Waals surface area contributed by atoms with Gasteiger partial charge >= 0.3 is 12.1 Å². The topological polar surface area (TPSA) is 66.8 Å². The summed E-state index contributed by atoms with van der Waals surface area (Å²) in [6.07, 6.45) is -4.62. The van der Waals surface area contributed by atoms with Crippen LogP contribution in [0, 0.1) is 0 Å². The number of Topliss-reactive ketones (excluding diaryl/α,β-unsaturated/α-hetero) is 1. The smallest absolute Gasteiger partial charge is 0.420 e. The summed E-state index contributed by atoms with van der Waals surface area (Å²) in [6, 6.07) is 9.20. The molecule has 0 aliphatic rings. The highest BCUT2D eigenvalue weighted by Crippen LogP contribution is 2.38. The molecule has 5 nitrogen and oxygen atoms in total. The number of ketones is 1. The molecule has 0 spiro atoms. The number of benzene rings is 2. The zero-order valence-electron chi connectivity index (χ0n) is 14.1. The van der Waals surface area contributed by atoms with E-state index in [4.69, 9.17) is 9.84 Å². The highest BCUT2D eigenvalue weighted by Gasteiger charge is 2.34. The molecule has 144 valence electrons. The van der Waals surface area contributed by atoms with Crippen LogP contribution in [0.1, 0.15) is 22.8 Å². The molecular formula is C18H15BrF3NO4. The van der Waals surface area contributed by atoms with Gasteiger partial charge in [0.05, 0.1) is 17.7 Å². The average Bonchev–Trinajstić information content (AvgIpc) is 2.58. The van der Waals surface area contributed by atoms with Crippen LogP contribution in [0.25, 0.3) is 0 Å². The second-order valence-electron chi connectivity index (χ2n) is 5.67. The van der Waals surface area contributed by atoms with Crippen LogP contribution in [0.2, 0.25) is 0 Å². The molecule has 0 radical (unpaired) electrons. The van der Waals surface area contributed by atoms with E-state index in [2.05, 4.69) is 15.9 Å². The van der Waals surface area contributed by atoms with Crippen LogP contribution in [0.5, 0.6) is 5.75 Å². The number of carbonyl (C=O) groups excluding carboxylic acids is 1. The van der Waals surface area contributed by atoms with E-state index in [-0.39, 0.29) is 29.1 Å². The summed E-state index contributed by atoms with van der Waals surface area (Å²) >= 11 is 2.99. The number of carboxylic acid groups (broad SMARTS) is 1. The second kappa shape index (κ2) is 8.43. The molecule has 0 aliphatic carbocycles. The van der Waals surface area contributed by atoms with Crippen LogP contribution in [-0.4, -0.2) is 30.1 Å². The van der Waals surface area contributed by atoms with Crippen molar-refractivity contribution in [3.8, 4) is 5.75 Å². The van der Waals surface area contributed by atoms with Gasteiger partial charge < -0.3 is 14.7 Å². The standard InChI is InChI=1S/C18H15BrF3NO4/c1-11(24)9-23(14-4-2-3-12(7-14)17(25)26)10-27-16-6-5-13(19)8-15(16)18(20,21)22/h2-8H,9-10H2,1H3,(H,25,26). The molecule has 0 aliphatic heterocycles. The van der Waals surface area contributed by atoms with Crippen LogP contribution in [0.4, 0.5) is 18.9 Å². The number of ether oxygens (including phenoxy) is 1. The van der Waals surface area contributed by atoms with E-state index in [1.807, 2.05) is 0 Å². The fourth-order valence-electron chi connectivity index (χ4n) is 2.31. The first kappa shape index (κ1) is 20.8. The molecule has 0 fully saturated rings. The van der Waals surface area contributed by atoms with E-state index in [9.17, 15) is 22.8 Å². The molecule has 0 unspecified atom stereocenters. The maximum atomic E-state index is 13.2. The van der Waals surface area contributed by atoms with Crippen molar-refractivity contribution in [1.82, 2.24) is 0 Å². The van der Waals surface area contributed by atoms with Crippen molar-refractivity contribution in [3.63, 3.8) is 0 Å². The zero-order valence-corrected chi connectivity index (χ0v) is 15.7. The molecule has 0 amide bonds. The number of carboxylic acids is 1. The number of anilines is 1. The summed E-state index contributed by atoms with van der Waals surface area (Å²) in [5.41, 5.74) is -0.629. The minimum atomic E-state index is -4.62. The van der Waals surface area contributed by atoms with E-state index in [1.54, 1.807) is 6.07 Å². The van der Waals surface area contributed by atoms with Crippen molar-refractivity contribution in [2.24, 2.45) is 0 Å². The fraction of sp³-hybridized carbons (Fsp3) is 0.222. The SMILES string of the molecule is CC(=O)CN(COc1ccc(Br)cc1C(F)(F)F)c1cccc(C(=O)O)c1. The van der Waals surface area contributed by atoms with E-state index in [0.717, 1.165) is 6.07 Å². The Hall–Kier alpha value is -2.55. The van der Waals surface area contributed by atoms with Gasteiger partial charge in [0.25, 0.3) is 0 Å². The van der Waals surface area contributed by atoms with Gasteiger partial charge in [-0.15, -0.1) is 0 Å². The van der Waals surface area contributed by atoms with Crippen LogP contribution in [-0.2, 0) is 11.0 Å². The Bertz CT molecular complexity index is 855. The Labute approximate surface area is 161 Å². The third-order valence-electron chi connectivity index (χ3n) is 3.49. The van der Waals surface area contributed by atoms with Crippen molar-refractivity contribution in [3.05, 3.63) is 58.1 Å². The Balaban J connectivity index is 2.30. The number of rotatable bonds is 7. The van der Waals surface area contributed by atoms with E-state index in [0.29, 0.717) is 5.69 Å². The maximum absolute atomic E-state index is 13.2. The normalized spacial score (nSPS) is 11.1. The number of hydrogen-bond acceptors (Lipinski definition) is 4. The lowest BCUT2D eigenvalue weighted by Crippen LogP contribution is -2.33. The summed E-state index contributed by atoms with van der Waals surface area (Å²) in [6.45, 7) is 0.795. The van der Waals surface area contributed by atoms with E-state index < -0.39 is 23.5 Å². The van der Waals surface area contributed by atoms with Crippen LogP contribution in [0.3, 0.4) is 0 Å². The van der Waals surface area contributed by atoms with Gasteiger partial charge in [0, 0.05) is 10.2 Å². The van der Waals surface area contributed by atoms with Crippen molar-refractivity contribution < 1.29 is 32.6 Å². The van der Waals surface area contributed by atoms with Gasteiger partial charge in [-0.3, -0.25) is 4.79 Å². The quantitative estimate of drug-likeness (QED) is 0.630. The van der Waals surface area contributed by atoms with Gasteiger partial charge in [0.15, 0.2) is 6.73 Å². The Morgan fingerprint density at radius 2 is 1.89 bits per heavy atom. The first-order valence-corrected chi connectivity index (χ1v) is 8.44. The predicted octanol–water partition coefficient (Wildman–Crippen LogP) is 4.60. The number of aromatic carboxylic acids is 1. The monoisotopic (exact) mass is 445 g/mol. The predicted molar refractivity (Wildman–Crippen MR) is 96.1 cm³/mol. The molecule has 0 bridgehead atoms. The molecule has 0 aromatic heterocycles. The number of halogens is 4. The molecule has 2 rings (SSSR count). The van der Waals surface area contributed by atoms with Gasteiger partial charge in [-0.25, -0.2) is 4.79 Å². The summed E-state index contributed by atoms with van der Waals surface area (Å²) < 4.78 is 45.2. The van der Waals surface area contributed by atoms with Gasteiger partial charge in [0.2, 0.25) is 0 Å². The van der Waals surface area contributed by atoms with E-state index >= 15 is 0 Å². The molecule has 0 heterocycles. The largest absolute Gasteiger partial charge is 0.478 e. The molecule has 1 N–H and O–H groups in total. The average molecular weight is 446 g/mol. The molecule has 27 heavy (non-hydrogen) atoms. The number of nitrogens with zero attached hydrogens (tertiary/aromatic N) is 1. The number of hydrogen-bond donors (Lipinski definition) is 1. The highest BCUT2D eigenvalue weighted by atomic mass is 79.9. The first-order chi connectivity index (χ1) is 12.6. The minimum Gasteiger partial charge on any atom is -0.478 e. The summed E-state index contributed by atoms with van der Waals surface area (Å²) in [4.78, 5) is 24.0. The fourth-order valence-corrected chi connectivity index (χ4v) is 2.67. The Morgan fingerprint density at radius 3 is 2.48 bits per heavy atom. The van der Waals surface area contributed by atoms with Crippen molar-refractivity contribution in [1.29, 1.82) is 0 Å². The van der Waals surface area contributed by atoms with Gasteiger partial charge in [0.1, 0.15) is 11.5 Å². The zero-order chi connectivity index (χ0) is 20.2. The molecule has 2 aromatic carbocycles. The van der Waals surface area contributed by atoms with Crippen molar-refractivity contribution >= 4 is 33.4 Å². The lowest BCUT2D eigenvalue weighted by atomic mass is 10.2. The van der Waals surface area contributed by atoms with Crippen molar-refractivity contribution in [2.75, 3.05) is 18.2 Å². The van der Waals surface area contributed by atoms with Crippen LogP contribution in [0.15, 0.2) is 46.9 Å². The first-order valence-electron chi connectivity index (χ1n) is 7.65. The summed E-state index contributed by atoms with van der Waals surface area (Å²) in [5.74, 6) is -1.81. The Kier molecular flexibility index (Phi) is 6.48. The van der Waals surface area contributed by atoms with Gasteiger partial charge in [-0.05, 0) is 43.3 Å². The second-order valence-corrected chi connectivity index (χ2v) is 6.58. The number of carbonyl (C=O) groups is 2. The minimum absolute atomic E-state index is 0.0133. The van der Waals surface area contributed by atoms with Crippen molar-refractivity contribution in [2.45, 2.75) is 13.1 Å². The lowest BCUT2D eigenvalue weighted by Gasteiger charge is -2.25. The van der Waals surface area contributed by atoms with Gasteiger partial charge in [-0.1, -0.05) is 22.0 Å². The molecule has 0 saturated heterocycles. The maximum Gasteiger partial charge on any atom is 0.420 e. The molecular weight excluding hydrogens is 431 g/mol. The third-order valence-corrected chi connectivity index (χ3v) is 3.99. The molecule has 0 saturated carbocycles. The molecule has 2 aromatic rings. The van der Waals surface area contributed by atoms with E-state index in [1.165, 1.54) is 42.2 Å². The lowest BCUT2D eigenvalue weighted by molar-refractivity contribution is -0.139. The molecule has 0 atom stereocenters. The number of alkyl halides is 3. The Morgan fingerprint density at radius 1 is 1.19 bits per heavy atom. The highest BCUT2D eigenvalue weighted by molar-refractivity contribution is 9.10. The van der Waals surface area contributed by atoms with Crippen LogP contribution < -0.4 is 9.64 Å². The summed E-state index contributed by atoms with van der Waals surface area (Å²) in [5, 5.41) is 9.09. The molecule has 9 heteroatoms. The summed E-state index contributed by atoms with van der Waals surface area (Å²) in [7, 11) is 0. The van der Waals surface area contributed by atoms with Gasteiger partial charge in [-0.2, -0.15) is 13.2 Å². The third kappa shape index (κ3) is 5.72.